The minimum Gasteiger partial charge on any atom is -0.344 e. The van der Waals surface area contributed by atoms with Crippen LogP contribution in [0.4, 0.5) is 0 Å². The number of carbonyl (C=O) groups excluding carboxylic acids is 2. The Morgan fingerprint density at radius 1 is 1.27 bits per heavy atom. The SMILES string of the molecule is CC(C)(C)[C@H]1CCc2nc3sc(C(=O)NC(CC=O)c4ccccc4)cc3cc2C1. The van der Waals surface area contributed by atoms with E-state index >= 15 is 0 Å². The number of nitrogens with zero attached hydrogens (tertiary/aromatic N) is 1. The second-order valence-electron chi connectivity index (χ2n) is 9.24. The molecule has 1 N–H and O–H groups in total. The number of nitrogens with one attached hydrogen (secondary N) is 1. The molecule has 0 aliphatic heterocycles. The Balaban J connectivity index is 1.57. The highest BCUT2D eigenvalue weighted by molar-refractivity contribution is 7.20. The minimum absolute atomic E-state index is 0.153. The molecule has 0 saturated heterocycles. The van der Waals surface area contributed by atoms with Crippen LogP contribution >= 0.6 is 11.3 Å². The van der Waals surface area contributed by atoms with E-state index in [0.29, 0.717) is 10.8 Å². The molecule has 1 aliphatic carbocycles. The molecular weight excluding hydrogens is 392 g/mol. The first-order valence-electron chi connectivity index (χ1n) is 10.6. The number of benzene rings is 1. The molecule has 1 unspecified atom stereocenters. The zero-order chi connectivity index (χ0) is 21.3. The first kappa shape index (κ1) is 20.7. The van der Waals surface area contributed by atoms with Crippen molar-refractivity contribution in [3.05, 3.63) is 64.2 Å². The second-order valence-corrected chi connectivity index (χ2v) is 10.3. The average molecular weight is 421 g/mol. The summed E-state index contributed by atoms with van der Waals surface area (Å²) < 4.78 is 0. The van der Waals surface area contributed by atoms with Crippen molar-refractivity contribution in [2.45, 2.75) is 52.5 Å². The standard InChI is InChI=1S/C25H28N2O2S/c1-25(2,3)19-9-10-20-17(14-19)13-18-15-22(30-24(18)27-20)23(29)26-21(11-12-28)16-7-5-4-6-8-16/h4-8,12-13,15,19,21H,9-11,14H2,1-3H3,(H,26,29)/t19-,21?/m0/s1. The summed E-state index contributed by atoms with van der Waals surface area (Å²) in [6.07, 6.45) is 4.32. The molecule has 156 valence electrons. The number of fused-ring (bicyclic) bond motifs is 2. The van der Waals surface area contributed by atoms with Crippen LogP contribution in [0.2, 0.25) is 0 Å². The van der Waals surface area contributed by atoms with Crippen molar-refractivity contribution >= 4 is 33.7 Å². The van der Waals surface area contributed by atoms with Crippen molar-refractivity contribution in [2.75, 3.05) is 0 Å². The zero-order valence-corrected chi connectivity index (χ0v) is 18.6. The Bertz CT molecular complexity index is 1070. The van der Waals surface area contributed by atoms with Crippen LogP contribution in [0.15, 0.2) is 42.5 Å². The summed E-state index contributed by atoms with van der Waals surface area (Å²) in [5.74, 6) is 0.500. The molecule has 1 amide bonds. The van der Waals surface area contributed by atoms with E-state index < -0.39 is 0 Å². The molecule has 0 radical (unpaired) electrons. The van der Waals surface area contributed by atoms with Gasteiger partial charge in [0.25, 0.3) is 5.91 Å². The third-order valence-electron chi connectivity index (χ3n) is 6.16. The summed E-state index contributed by atoms with van der Waals surface area (Å²) in [4.78, 5) is 30.5. The number of aldehydes is 1. The van der Waals surface area contributed by atoms with Crippen LogP contribution in [0.1, 0.15) is 66.1 Å². The molecule has 0 saturated carbocycles. The summed E-state index contributed by atoms with van der Waals surface area (Å²) in [5.41, 5.74) is 3.72. The Hall–Kier alpha value is -2.53. The van der Waals surface area contributed by atoms with Gasteiger partial charge in [-0.2, -0.15) is 0 Å². The van der Waals surface area contributed by atoms with Gasteiger partial charge in [0, 0.05) is 17.5 Å². The van der Waals surface area contributed by atoms with Crippen LogP contribution in [0, 0.1) is 11.3 Å². The van der Waals surface area contributed by atoms with E-state index in [1.54, 1.807) is 0 Å². The molecule has 1 aliphatic rings. The van der Waals surface area contributed by atoms with Crippen molar-refractivity contribution in [1.29, 1.82) is 0 Å². The number of hydrogen-bond acceptors (Lipinski definition) is 4. The number of carbonyl (C=O) groups is 2. The van der Waals surface area contributed by atoms with Crippen molar-refractivity contribution < 1.29 is 9.59 Å². The number of hydrogen-bond donors (Lipinski definition) is 1. The van der Waals surface area contributed by atoms with E-state index in [1.165, 1.54) is 22.6 Å². The quantitative estimate of drug-likeness (QED) is 0.554. The average Bonchev–Trinajstić information content (AvgIpc) is 3.14. The Labute approximate surface area is 181 Å². The number of pyridine rings is 1. The van der Waals surface area contributed by atoms with Crippen LogP contribution < -0.4 is 5.32 Å². The molecule has 3 aromatic rings. The molecule has 30 heavy (non-hydrogen) atoms. The minimum atomic E-state index is -0.324. The normalized spacial score (nSPS) is 17.4. The molecule has 4 nitrogen and oxygen atoms in total. The van der Waals surface area contributed by atoms with Gasteiger partial charge in [-0.3, -0.25) is 4.79 Å². The van der Waals surface area contributed by atoms with Crippen molar-refractivity contribution in [3.63, 3.8) is 0 Å². The molecule has 1 aromatic carbocycles. The van der Waals surface area contributed by atoms with E-state index in [-0.39, 0.29) is 23.8 Å². The van der Waals surface area contributed by atoms with Crippen molar-refractivity contribution in [3.8, 4) is 0 Å². The number of thiophene rings is 1. The van der Waals surface area contributed by atoms with Gasteiger partial charge in [0.15, 0.2) is 0 Å². The van der Waals surface area contributed by atoms with Gasteiger partial charge in [-0.1, -0.05) is 51.1 Å². The molecule has 0 bridgehead atoms. The fourth-order valence-electron chi connectivity index (χ4n) is 4.26. The highest BCUT2D eigenvalue weighted by Gasteiger charge is 2.29. The molecule has 0 spiro atoms. The maximum atomic E-state index is 12.9. The Morgan fingerprint density at radius 3 is 2.73 bits per heavy atom. The lowest BCUT2D eigenvalue weighted by molar-refractivity contribution is -0.108. The number of aryl methyl sites for hydroxylation is 1. The van der Waals surface area contributed by atoms with Crippen LogP contribution in [-0.2, 0) is 17.6 Å². The summed E-state index contributed by atoms with van der Waals surface area (Å²) in [6, 6.07) is 13.5. The van der Waals surface area contributed by atoms with E-state index in [1.807, 2.05) is 36.4 Å². The van der Waals surface area contributed by atoms with Gasteiger partial charge >= 0.3 is 0 Å². The molecule has 5 heteroatoms. The second kappa shape index (κ2) is 8.31. The highest BCUT2D eigenvalue weighted by atomic mass is 32.1. The van der Waals surface area contributed by atoms with E-state index in [2.05, 4.69) is 32.2 Å². The molecule has 4 rings (SSSR count). The van der Waals surface area contributed by atoms with Gasteiger partial charge in [-0.25, -0.2) is 4.98 Å². The van der Waals surface area contributed by atoms with Crippen molar-refractivity contribution in [2.24, 2.45) is 11.3 Å². The van der Waals surface area contributed by atoms with Crippen LogP contribution in [-0.4, -0.2) is 17.2 Å². The van der Waals surface area contributed by atoms with Gasteiger partial charge in [0.05, 0.1) is 10.9 Å². The summed E-state index contributed by atoms with van der Waals surface area (Å²) in [6.45, 7) is 6.93. The smallest absolute Gasteiger partial charge is 0.261 e. The lowest BCUT2D eigenvalue weighted by Gasteiger charge is -2.34. The van der Waals surface area contributed by atoms with Crippen LogP contribution in [0.25, 0.3) is 10.2 Å². The fraction of sp³-hybridized carbons (Fsp3) is 0.400. The van der Waals surface area contributed by atoms with Gasteiger partial charge in [-0.15, -0.1) is 11.3 Å². The molecule has 2 atom stereocenters. The van der Waals surface area contributed by atoms with Gasteiger partial charge in [0.2, 0.25) is 0 Å². The van der Waals surface area contributed by atoms with Crippen LogP contribution in [0.3, 0.4) is 0 Å². The Kier molecular flexibility index (Phi) is 5.74. The number of aromatic nitrogens is 1. The maximum Gasteiger partial charge on any atom is 0.261 e. The molecule has 2 heterocycles. The topological polar surface area (TPSA) is 59.1 Å². The monoisotopic (exact) mass is 420 g/mol. The third kappa shape index (κ3) is 4.31. The summed E-state index contributed by atoms with van der Waals surface area (Å²) >= 11 is 1.43. The zero-order valence-electron chi connectivity index (χ0n) is 17.8. The Morgan fingerprint density at radius 2 is 2.03 bits per heavy atom. The fourth-order valence-corrected chi connectivity index (χ4v) is 5.20. The van der Waals surface area contributed by atoms with Gasteiger partial charge < -0.3 is 10.1 Å². The molecule has 2 aromatic heterocycles. The van der Waals surface area contributed by atoms with Gasteiger partial charge in [-0.05, 0) is 53.9 Å². The highest BCUT2D eigenvalue weighted by Crippen LogP contribution is 2.38. The van der Waals surface area contributed by atoms with Crippen LogP contribution in [0.5, 0.6) is 0 Å². The van der Waals surface area contributed by atoms with Gasteiger partial charge in [0.1, 0.15) is 11.1 Å². The van der Waals surface area contributed by atoms with E-state index in [9.17, 15) is 9.59 Å². The lowest BCUT2D eigenvalue weighted by atomic mass is 9.71. The lowest BCUT2D eigenvalue weighted by Crippen LogP contribution is -2.28. The molecular formula is C25H28N2O2S. The first-order valence-corrected chi connectivity index (χ1v) is 11.4. The third-order valence-corrected chi connectivity index (χ3v) is 7.20. The largest absolute Gasteiger partial charge is 0.344 e. The number of rotatable bonds is 5. The van der Waals surface area contributed by atoms with E-state index in [0.717, 1.165) is 41.3 Å². The predicted octanol–water partition coefficient (Wildman–Crippen LogP) is 5.51. The first-order chi connectivity index (χ1) is 14.3. The van der Waals surface area contributed by atoms with Crippen molar-refractivity contribution in [1.82, 2.24) is 10.3 Å². The molecule has 0 fully saturated rings. The predicted molar refractivity (Wildman–Crippen MR) is 122 cm³/mol. The number of amides is 1. The summed E-state index contributed by atoms with van der Waals surface area (Å²) in [5, 5.41) is 4.05. The maximum absolute atomic E-state index is 12.9. The van der Waals surface area contributed by atoms with E-state index in [4.69, 9.17) is 4.98 Å². The summed E-state index contributed by atoms with van der Waals surface area (Å²) in [7, 11) is 0.